The molecule has 0 spiro atoms. The van der Waals surface area contributed by atoms with Crippen molar-refractivity contribution in [1.82, 2.24) is 5.32 Å². The van der Waals surface area contributed by atoms with E-state index in [2.05, 4.69) is 15.4 Å². The number of nitrogens with zero attached hydrogens (tertiary/aromatic N) is 1. The normalized spacial score (nSPS) is 10.7. The van der Waals surface area contributed by atoms with E-state index in [1.165, 1.54) is 19.2 Å². The second-order valence-electron chi connectivity index (χ2n) is 9.66. The van der Waals surface area contributed by atoms with Crippen LogP contribution in [0.25, 0.3) is 0 Å². The van der Waals surface area contributed by atoms with Crippen molar-refractivity contribution in [1.29, 1.82) is 0 Å². The quantitative estimate of drug-likeness (QED) is 0.304. The van der Waals surface area contributed by atoms with Gasteiger partial charge in [-0.2, -0.15) is 0 Å². The fraction of sp³-hybridized carbons (Fsp3) is 0.233. The number of rotatable bonds is 9. The average molecular weight is 546 g/mol. The number of benzene rings is 3. The van der Waals surface area contributed by atoms with E-state index in [0.717, 1.165) is 4.90 Å². The summed E-state index contributed by atoms with van der Waals surface area (Å²) in [4.78, 5) is 64.9. The molecular formula is C30H31N3O7. The Balaban J connectivity index is 1.82. The number of hydrogen-bond acceptors (Lipinski definition) is 7. The van der Waals surface area contributed by atoms with E-state index in [1.807, 2.05) is 0 Å². The van der Waals surface area contributed by atoms with Crippen LogP contribution in [0.3, 0.4) is 0 Å². The van der Waals surface area contributed by atoms with E-state index in [-0.39, 0.29) is 22.6 Å². The first kappa shape index (κ1) is 29.6. The first-order valence-corrected chi connectivity index (χ1v) is 12.4. The van der Waals surface area contributed by atoms with Crippen LogP contribution in [-0.4, -0.2) is 55.5 Å². The molecule has 0 radical (unpaired) electrons. The zero-order chi connectivity index (χ0) is 29.3. The highest BCUT2D eigenvalue weighted by molar-refractivity contribution is 6.15. The number of amides is 3. The summed E-state index contributed by atoms with van der Waals surface area (Å²) in [6.45, 7) is 4.11. The summed E-state index contributed by atoms with van der Waals surface area (Å²) in [7, 11) is 1.25. The van der Waals surface area contributed by atoms with Crippen molar-refractivity contribution in [2.45, 2.75) is 26.4 Å². The lowest BCUT2D eigenvalue weighted by atomic mass is 10.0. The van der Waals surface area contributed by atoms with Crippen LogP contribution in [0.4, 0.5) is 16.2 Å². The molecule has 0 aromatic heterocycles. The van der Waals surface area contributed by atoms with Gasteiger partial charge in [-0.05, 0) is 51.1 Å². The zero-order valence-corrected chi connectivity index (χ0v) is 22.7. The number of anilines is 2. The smallest absolute Gasteiger partial charge is 0.337 e. The van der Waals surface area contributed by atoms with Crippen LogP contribution in [-0.2, 0) is 19.1 Å². The van der Waals surface area contributed by atoms with E-state index in [4.69, 9.17) is 4.74 Å². The van der Waals surface area contributed by atoms with E-state index in [1.54, 1.807) is 87.5 Å². The van der Waals surface area contributed by atoms with Gasteiger partial charge in [-0.3, -0.25) is 19.3 Å². The number of carbonyl (C=O) groups is 5. The molecule has 0 atom stereocenters. The summed E-state index contributed by atoms with van der Waals surface area (Å²) >= 11 is 0. The van der Waals surface area contributed by atoms with Crippen molar-refractivity contribution in [3.63, 3.8) is 0 Å². The zero-order valence-electron chi connectivity index (χ0n) is 22.7. The summed E-state index contributed by atoms with van der Waals surface area (Å²) in [6, 6.07) is 20.3. The molecule has 0 unspecified atom stereocenters. The minimum Gasteiger partial charge on any atom is -0.465 e. The van der Waals surface area contributed by atoms with Crippen molar-refractivity contribution in [2.24, 2.45) is 0 Å². The second kappa shape index (κ2) is 13.2. The Labute approximate surface area is 232 Å². The van der Waals surface area contributed by atoms with Crippen LogP contribution >= 0.6 is 0 Å². The number of methoxy groups -OCH3 is 1. The average Bonchev–Trinajstić information content (AvgIpc) is 2.93. The number of nitrogens with one attached hydrogen (secondary N) is 2. The molecule has 10 nitrogen and oxygen atoms in total. The van der Waals surface area contributed by atoms with Gasteiger partial charge in [0, 0.05) is 16.8 Å². The number of para-hydroxylation sites is 1. The third-order valence-corrected chi connectivity index (χ3v) is 5.43. The van der Waals surface area contributed by atoms with Gasteiger partial charge in [0.1, 0.15) is 12.1 Å². The number of ketones is 1. The summed E-state index contributed by atoms with van der Waals surface area (Å²) in [5.41, 5.74) is 0.542. The fourth-order valence-electron chi connectivity index (χ4n) is 3.73. The molecule has 0 saturated carbocycles. The lowest BCUT2D eigenvalue weighted by molar-refractivity contribution is -0.153. The van der Waals surface area contributed by atoms with E-state index < -0.39 is 42.6 Å². The lowest BCUT2D eigenvalue weighted by Gasteiger charge is -2.27. The van der Waals surface area contributed by atoms with Gasteiger partial charge in [0.15, 0.2) is 5.78 Å². The maximum Gasteiger partial charge on any atom is 0.337 e. The monoisotopic (exact) mass is 545 g/mol. The van der Waals surface area contributed by atoms with E-state index >= 15 is 0 Å². The van der Waals surface area contributed by atoms with Crippen LogP contribution < -0.4 is 15.5 Å². The van der Waals surface area contributed by atoms with Crippen molar-refractivity contribution in [3.05, 3.63) is 95.6 Å². The van der Waals surface area contributed by atoms with Gasteiger partial charge in [-0.25, -0.2) is 9.59 Å². The molecule has 3 amide bonds. The molecule has 0 fully saturated rings. The third kappa shape index (κ3) is 8.26. The van der Waals surface area contributed by atoms with Crippen molar-refractivity contribution < 1.29 is 33.4 Å². The molecule has 3 rings (SSSR count). The van der Waals surface area contributed by atoms with Gasteiger partial charge < -0.3 is 20.1 Å². The molecule has 0 saturated heterocycles. The maximum absolute atomic E-state index is 13.4. The molecule has 208 valence electrons. The topological polar surface area (TPSA) is 131 Å². The SMILES string of the molecule is COC(=O)c1cccc(NC(=O)NCC(=O)N(CC(=O)OC(C)(C)C)c2ccccc2C(=O)c2ccccc2)c1. The molecule has 40 heavy (non-hydrogen) atoms. The number of urea groups is 1. The number of carbonyl (C=O) groups excluding carboxylic acids is 5. The minimum absolute atomic E-state index is 0.195. The van der Waals surface area contributed by atoms with Gasteiger partial charge in [0.25, 0.3) is 0 Å². The Kier molecular flexibility index (Phi) is 9.75. The Bertz CT molecular complexity index is 1400. The Hall–Kier alpha value is -4.99. The third-order valence-electron chi connectivity index (χ3n) is 5.43. The lowest BCUT2D eigenvalue weighted by Crippen LogP contribution is -2.45. The van der Waals surface area contributed by atoms with Crippen molar-refractivity contribution >= 4 is 41.0 Å². The number of hydrogen-bond donors (Lipinski definition) is 2. The Morgan fingerprint density at radius 3 is 2.15 bits per heavy atom. The Morgan fingerprint density at radius 1 is 0.825 bits per heavy atom. The highest BCUT2D eigenvalue weighted by Crippen LogP contribution is 2.24. The van der Waals surface area contributed by atoms with Gasteiger partial charge in [-0.1, -0.05) is 48.5 Å². The summed E-state index contributed by atoms with van der Waals surface area (Å²) in [6.07, 6.45) is 0. The minimum atomic E-state index is -0.804. The highest BCUT2D eigenvalue weighted by Gasteiger charge is 2.27. The highest BCUT2D eigenvalue weighted by atomic mass is 16.6. The fourth-order valence-corrected chi connectivity index (χ4v) is 3.73. The first-order valence-electron chi connectivity index (χ1n) is 12.4. The van der Waals surface area contributed by atoms with Crippen LogP contribution in [0.1, 0.15) is 47.1 Å². The molecule has 3 aromatic carbocycles. The molecule has 0 aliphatic carbocycles. The van der Waals surface area contributed by atoms with Gasteiger partial charge >= 0.3 is 18.0 Å². The van der Waals surface area contributed by atoms with E-state index in [0.29, 0.717) is 11.3 Å². The Morgan fingerprint density at radius 2 is 1.48 bits per heavy atom. The van der Waals surface area contributed by atoms with Crippen LogP contribution in [0.5, 0.6) is 0 Å². The van der Waals surface area contributed by atoms with Crippen LogP contribution in [0, 0.1) is 0 Å². The molecule has 3 aromatic rings. The molecule has 0 bridgehead atoms. The summed E-state index contributed by atoms with van der Waals surface area (Å²) in [5, 5.41) is 5.00. The first-order chi connectivity index (χ1) is 19.0. The molecule has 2 N–H and O–H groups in total. The molecule has 10 heteroatoms. The standard InChI is InChI=1S/C30H31N3O7/c1-30(2,3)40-26(35)19-33(24-16-9-8-15-23(24)27(36)20-11-6-5-7-12-20)25(34)18-31-29(38)32-22-14-10-13-21(17-22)28(37)39-4/h5-17H,18-19H2,1-4H3,(H2,31,32,38). The largest absolute Gasteiger partial charge is 0.465 e. The molecular weight excluding hydrogens is 514 g/mol. The van der Waals surface area contributed by atoms with Gasteiger partial charge in [0.05, 0.1) is 24.9 Å². The molecule has 0 aliphatic rings. The predicted octanol–water partition coefficient (Wildman–Crippen LogP) is 4.20. The summed E-state index contributed by atoms with van der Waals surface area (Å²) in [5.74, 6) is -2.25. The molecule has 0 heterocycles. The van der Waals surface area contributed by atoms with Crippen LogP contribution in [0.2, 0.25) is 0 Å². The molecule has 0 aliphatic heterocycles. The van der Waals surface area contributed by atoms with Crippen molar-refractivity contribution in [3.8, 4) is 0 Å². The summed E-state index contributed by atoms with van der Waals surface area (Å²) < 4.78 is 10.1. The second-order valence-corrected chi connectivity index (χ2v) is 9.66. The van der Waals surface area contributed by atoms with Gasteiger partial charge in [-0.15, -0.1) is 0 Å². The van der Waals surface area contributed by atoms with Crippen LogP contribution in [0.15, 0.2) is 78.9 Å². The number of ether oxygens (including phenoxy) is 2. The van der Waals surface area contributed by atoms with E-state index in [9.17, 15) is 24.0 Å². The maximum atomic E-state index is 13.4. The number of esters is 2. The van der Waals surface area contributed by atoms with Crippen molar-refractivity contribution in [2.75, 3.05) is 30.4 Å². The van der Waals surface area contributed by atoms with Gasteiger partial charge in [0.2, 0.25) is 5.91 Å². The predicted molar refractivity (Wildman–Crippen MR) is 149 cm³/mol.